The molecule has 0 unspecified atom stereocenters. The van der Waals surface area contributed by atoms with E-state index in [1.165, 1.54) is 17.1 Å². The third kappa shape index (κ3) is 1.63. The summed E-state index contributed by atoms with van der Waals surface area (Å²) < 4.78 is 1.89. The summed E-state index contributed by atoms with van der Waals surface area (Å²) in [6.07, 6.45) is 4.36. The lowest BCUT2D eigenvalue weighted by atomic mass is 10.5. The lowest BCUT2D eigenvalue weighted by molar-refractivity contribution is 0.927. The van der Waals surface area contributed by atoms with Gasteiger partial charge in [-0.2, -0.15) is 5.26 Å². The molecule has 2 aromatic heterocycles. The molecule has 0 atom stereocenters. The fraction of sp³-hybridized carbons (Fsp3) is 0. The van der Waals surface area contributed by atoms with E-state index in [1.807, 2.05) is 28.7 Å². The lowest BCUT2D eigenvalue weighted by Crippen LogP contribution is -2.15. The summed E-state index contributed by atoms with van der Waals surface area (Å²) in [4.78, 5) is 21.6. The molecule has 0 aromatic carbocycles. The zero-order valence-electron chi connectivity index (χ0n) is 7.31. The first-order valence-corrected chi connectivity index (χ1v) is 4.99. The summed E-state index contributed by atoms with van der Waals surface area (Å²) in [5.41, 5.74) is -0.238. The highest BCUT2D eigenvalue weighted by Gasteiger charge is 2.10. The van der Waals surface area contributed by atoms with E-state index in [0.29, 0.717) is 9.39 Å². The van der Waals surface area contributed by atoms with Crippen LogP contribution in [0.1, 0.15) is 5.82 Å². The van der Waals surface area contributed by atoms with Gasteiger partial charge in [-0.05, 0) is 22.6 Å². The molecule has 0 spiro atoms. The van der Waals surface area contributed by atoms with Crippen LogP contribution in [0.4, 0.5) is 0 Å². The first-order chi connectivity index (χ1) is 7.24. The molecular weight excluding hydrogens is 309 g/mol. The molecule has 74 valence electrons. The van der Waals surface area contributed by atoms with Gasteiger partial charge in [0, 0.05) is 12.4 Å². The number of aromatic amines is 1. The number of nitrogens with one attached hydrogen (secondary N) is 1. The average Bonchev–Trinajstić information content (AvgIpc) is 2.70. The molecule has 2 aromatic rings. The maximum Gasteiger partial charge on any atom is 0.266 e. The zero-order valence-corrected chi connectivity index (χ0v) is 9.46. The Kier molecular flexibility index (Phi) is 2.51. The molecule has 0 saturated heterocycles. The van der Waals surface area contributed by atoms with Crippen LogP contribution in [0.3, 0.4) is 0 Å². The molecule has 0 fully saturated rings. The minimum atomic E-state index is -0.238. The van der Waals surface area contributed by atoms with Gasteiger partial charge < -0.3 is 4.98 Å². The molecular formula is C8H4IN5O. The molecule has 0 aliphatic heterocycles. The van der Waals surface area contributed by atoms with E-state index in [4.69, 9.17) is 5.26 Å². The van der Waals surface area contributed by atoms with E-state index < -0.39 is 0 Å². The fourth-order valence-electron chi connectivity index (χ4n) is 1.10. The van der Waals surface area contributed by atoms with Crippen LogP contribution in [0, 0.1) is 14.9 Å². The molecule has 15 heavy (non-hydrogen) atoms. The van der Waals surface area contributed by atoms with E-state index in [2.05, 4.69) is 15.0 Å². The van der Waals surface area contributed by atoms with E-state index >= 15 is 0 Å². The number of nitrogens with zero attached hydrogens (tertiary/aromatic N) is 4. The monoisotopic (exact) mass is 313 g/mol. The van der Waals surface area contributed by atoms with E-state index in [-0.39, 0.29) is 11.4 Å². The Hall–Kier alpha value is -1.69. The van der Waals surface area contributed by atoms with Crippen molar-refractivity contribution < 1.29 is 0 Å². The summed E-state index contributed by atoms with van der Waals surface area (Å²) in [6.45, 7) is 0. The Bertz CT molecular complexity index is 594. The largest absolute Gasteiger partial charge is 0.312 e. The molecule has 6 nitrogen and oxygen atoms in total. The summed E-state index contributed by atoms with van der Waals surface area (Å²) in [7, 11) is 0. The van der Waals surface area contributed by atoms with Gasteiger partial charge in [-0.15, -0.1) is 0 Å². The van der Waals surface area contributed by atoms with Crippen LogP contribution >= 0.6 is 22.6 Å². The number of nitriles is 1. The number of hydrogen-bond donors (Lipinski definition) is 1. The minimum Gasteiger partial charge on any atom is -0.312 e. The van der Waals surface area contributed by atoms with Gasteiger partial charge in [0.1, 0.15) is 9.64 Å². The van der Waals surface area contributed by atoms with Gasteiger partial charge in [-0.1, -0.05) is 0 Å². The molecule has 0 amide bonds. The Morgan fingerprint density at radius 1 is 1.53 bits per heavy atom. The first kappa shape index (κ1) is 9.85. The Labute approximate surface area is 97.7 Å². The van der Waals surface area contributed by atoms with Gasteiger partial charge in [0.05, 0.1) is 6.33 Å². The standard InChI is InChI=1S/C8H4IN5O/c9-6-7(12-4-13-8(6)15)14-2-1-11-5(14)3-10/h1-2,4H,(H,12,13,15). The Morgan fingerprint density at radius 3 is 3.07 bits per heavy atom. The third-order valence-electron chi connectivity index (χ3n) is 1.75. The summed E-state index contributed by atoms with van der Waals surface area (Å²) >= 11 is 1.87. The first-order valence-electron chi connectivity index (χ1n) is 3.91. The highest BCUT2D eigenvalue weighted by atomic mass is 127. The topological polar surface area (TPSA) is 87.4 Å². The van der Waals surface area contributed by atoms with Crippen molar-refractivity contribution in [2.24, 2.45) is 0 Å². The second kappa shape index (κ2) is 3.82. The molecule has 0 radical (unpaired) electrons. The number of rotatable bonds is 1. The summed E-state index contributed by atoms with van der Waals surface area (Å²) in [5.74, 6) is 0.611. The number of H-pyrrole nitrogens is 1. The number of aromatic nitrogens is 4. The van der Waals surface area contributed by atoms with Crippen LogP contribution in [0.15, 0.2) is 23.5 Å². The van der Waals surface area contributed by atoms with Crippen molar-refractivity contribution in [1.29, 1.82) is 5.26 Å². The number of imidazole rings is 1. The summed E-state index contributed by atoms with van der Waals surface area (Å²) in [6, 6.07) is 1.92. The van der Waals surface area contributed by atoms with Gasteiger partial charge in [0.25, 0.3) is 5.56 Å². The molecule has 0 bridgehead atoms. The van der Waals surface area contributed by atoms with E-state index in [9.17, 15) is 4.79 Å². The lowest BCUT2D eigenvalue weighted by Gasteiger charge is -2.02. The molecule has 1 N–H and O–H groups in total. The van der Waals surface area contributed by atoms with Crippen molar-refractivity contribution in [2.45, 2.75) is 0 Å². The quantitative estimate of drug-likeness (QED) is 0.774. The van der Waals surface area contributed by atoms with Crippen LogP contribution in [0.25, 0.3) is 5.82 Å². The van der Waals surface area contributed by atoms with E-state index in [1.54, 1.807) is 6.20 Å². The van der Waals surface area contributed by atoms with Crippen LogP contribution in [0.2, 0.25) is 0 Å². The average molecular weight is 313 g/mol. The fourth-order valence-corrected chi connectivity index (χ4v) is 1.65. The molecule has 0 aliphatic carbocycles. The van der Waals surface area contributed by atoms with Crippen molar-refractivity contribution in [1.82, 2.24) is 19.5 Å². The molecule has 2 heterocycles. The second-order valence-electron chi connectivity index (χ2n) is 2.60. The number of hydrogen-bond acceptors (Lipinski definition) is 4. The third-order valence-corrected chi connectivity index (χ3v) is 2.72. The van der Waals surface area contributed by atoms with Crippen molar-refractivity contribution >= 4 is 22.6 Å². The minimum absolute atomic E-state index is 0.200. The van der Waals surface area contributed by atoms with Crippen LogP contribution in [-0.4, -0.2) is 19.5 Å². The van der Waals surface area contributed by atoms with Crippen molar-refractivity contribution in [3.8, 4) is 11.9 Å². The predicted octanol–water partition coefficient (Wildman–Crippen LogP) is 0.432. The van der Waals surface area contributed by atoms with Crippen molar-refractivity contribution in [2.75, 3.05) is 0 Å². The smallest absolute Gasteiger partial charge is 0.266 e. The zero-order chi connectivity index (χ0) is 10.8. The Morgan fingerprint density at radius 2 is 2.33 bits per heavy atom. The van der Waals surface area contributed by atoms with Crippen LogP contribution < -0.4 is 5.56 Å². The SMILES string of the molecule is N#Cc1nccn1-c1nc[nH]c(=O)c1I. The molecule has 0 saturated carbocycles. The maximum atomic E-state index is 11.3. The van der Waals surface area contributed by atoms with Crippen LogP contribution in [-0.2, 0) is 0 Å². The maximum absolute atomic E-state index is 11.3. The summed E-state index contributed by atoms with van der Waals surface area (Å²) in [5, 5.41) is 8.78. The van der Waals surface area contributed by atoms with Gasteiger partial charge >= 0.3 is 0 Å². The highest BCUT2D eigenvalue weighted by molar-refractivity contribution is 14.1. The van der Waals surface area contributed by atoms with Crippen LogP contribution in [0.5, 0.6) is 0 Å². The van der Waals surface area contributed by atoms with Crippen molar-refractivity contribution in [3.63, 3.8) is 0 Å². The number of halogens is 1. The second-order valence-corrected chi connectivity index (χ2v) is 3.68. The highest BCUT2D eigenvalue weighted by Crippen LogP contribution is 2.10. The van der Waals surface area contributed by atoms with Gasteiger partial charge in [-0.25, -0.2) is 9.97 Å². The Balaban J connectivity index is 2.71. The molecule has 2 rings (SSSR count). The van der Waals surface area contributed by atoms with E-state index in [0.717, 1.165) is 0 Å². The van der Waals surface area contributed by atoms with Gasteiger partial charge in [-0.3, -0.25) is 9.36 Å². The molecule has 7 heteroatoms. The van der Waals surface area contributed by atoms with Crippen molar-refractivity contribution in [3.05, 3.63) is 38.5 Å². The normalized spacial score (nSPS) is 9.87. The van der Waals surface area contributed by atoms with Gasteiger partial charge in [0.15, 0.2) is 5.82 Å². The molecule has 0 aliphatic rings. The predicted molar refractivity (Wildman–Crippen MR) is 59.4 cm³/mol. The van der Waals surface area contributed by atoms with Gasteiger partial charge in [0.2, 0.25) is 5.82 Å².